The third-order valence-electron chi connectivity index (χ3n) is 4.44. The molecule has 0 radical (unpaired) electrons. The van der Waals surface area contributed by atoms with Gasteiger partial charge in [0.1, 0.15) is 11.3 Å². The molecule has 0 saturated carbocycles. The first kappa shape index (κ1) is 17.1. The summed E-state index contributed by atoms with van der Waals surface area (Å²) in [6.07, 6.45) is 0. The number of carbonyl (C=O) groups is 2. The second-order valence-electron chi connectivity index (χ2n) is 6.17. The molecule has 27 heavy (non-hydrogen) atoms. The lowest BCUT2D eigenvalue weighted by Crippen LogP contribution is -2.29. The number of nitrogens with zero attached hydrogens (tertiary/aromatic N) is 3. The average Bonchev–Trinajstić information content (AvgIpc) is 3.30. The lowest BCUT2D eigenvalue weighted by molar-refractivity contribution is -0.132. The molecule has 1 saturated heterocycles. The van der Waals surface area contributed by atoms with Crippen LogP contribution in [0.3, 0.4) is 0 Å². The van der Waals surface area contributed by atoms with Gasteiger partial charge in [-0.2, -0.15) is 0 Å². The Kier molecular flexibility index (Phi) is 4.29. The molecule has 3 aromatic rings. The van der Waals surface area contributed by atoms with E-state index in [0.29, 0.717) is 16.3 Å². The van der Waals surface area contributed by atoms with Crippen LogP contribution in [-0.2, 0) is 9.59 Å². The molecule has 0 bridgehead atoms. The van der Waals surface area contributed by atoms with Crippen molar-refractivity contribution in [3.63, 3.8) is 0 Å². The third kappa shape index (κ3) is 2.92. The molecule has 7 heteroatoms. The van der Waals surface area contributed by atoms with E-state index in [1.54, 1.807) is 24.3 Å². The molecule has 1 fully saturated rings. The smallest absolute Gasteiger partial charge is 0.301 e. The first-order valence-electron chi connectivity index (χ1n) is 8.27. The van der Waals surface area contributed by atoms with Gasteiger partial charge in [0, 0.05) is 5.56 Å². The largest absolute Gasteiger partial charge is 0.507 e. The molecular weight excluding hydrogens is 362 g/mol. The van der Waals surface area contributed by atoms with E-state index < -0.39 is 17.7 Å². The van der Waals surface area contributed by atoms with Crippen molar-refractivity contribution in [3.8, 4) is 0 Å². The van der Waals surface area contributed by atoms with E-state index in [1.165, 1.54) is 10.4 Å². The Hall–Kier alpha value is -3.32. The van der Waals surface area contributed by atoms with Crippen molar-refractivity contribution in [1.82, 2.24) is 10.2 Å². The Morgan fingerprint density at radius 1 is 1.07 bits per heavy atom. The fourth-order valence-electron chi connectivity index (χ4n) is 3.12. The quantitative estimate of drug-likeness (QED) is 0.429. The predicted molar refractivity (Wildman–Crippen MR) is 102 cm³/mol. The number of aryl methyl sites for hydroxylation is 1. The summed E-state index contributed by atoms with van der Waals surface area (Å²) < 4.78 is 0. The molecule has 1 atom stereocenters. The number of aliphatic hydroxyl groups is 1. The van der Waals surface area contributed by atoms with E-state index in [0.717, 1.165) is 16.9 Å². The van der Waals surface area contributed by atoms with E-state index in [9.17, 15) is 14.7 Å². The second-order valence-corrected chi connectivity index (χ2v) is 6.98. The molecule has 1 aliphatic rings. The lowest BCUT2D eigenvalue weighted by atomic mass is 9.95. The number of aromatic nitrogens is 2. The van der Waals surface area contributed by atoms with Crippen molar-refractivity contribution in [3.05, 3.63) is 82.4 Å². The number of carbonyl (C=O) groups excluding carboxylic acids is 2. The minimum atomic E-state index is -0.765. The molecule has 2 heterocycles. The summed E-state index contributed by atoms with van der Waals surface area (Å²) in [5.41, 5.74) is 3.79. The van der Waals surface area contributed by atoms with Gasteiger partial charge in [-0.05, 0) is 12.5 Å². The number of rotatable bonds is 3. The molecule has 1 aliphatic heterocycles. The van der Waals surface area contributed by atoms with Crippen molar-refractivity contribution in [2.75, 3.05) is 4.90 Å². The van der Waals surface area contributed by atoms with Crippen LogP contribution < -0.4 is 4.90 Å². The highest BCUT2D eigenvalue weighted by atomic mass is 32.1. The van der Waals surface area contributed by atoms with Crippen LogP contribution in [0.5, 0.6) is 0 Å². The number of hydrogen-bond donors (Lipinski definition) is 1. The lowest BCUT2D eigenvalue weighted by Gasteiger charge is -2.22. The van der Waals surface area contributed by atoms with Crippen molar-refractivity contribution in [1.29, 1.82) is 0 Å². The van der Waals surface area contributed by atoms with Crippen molar-refractivity contribution >= 4 is 33.9 Å². The summed E-state index contributed by atoms with van der Waals surface area (Å²) in [6, 6.07) is 15.5. The van der Waals surface area contributed by atoms with Gasteiger partial charge in [0.15, 0.2) is 0 Å². The van der Waals surface area contributed by atoms with Crippen LogP contribution in [0.25, 0.3) is 5.76 Å². The van der Waals surface area contributed by atoms with Crippen LogP contribution in [-0.4, -0.2) is 27.0 Å². The SMILES string of the molecule is Cc1ccc([C@@H]2C(=C(O)c3ccccc3)C(=O)C(=O)N2c2nncs2)cc1. The standard InChI is InChI=1S/C20H15N3O3S/c1-12-7-9-13(10-8-12)16-15(17(24)14-5-3-2-4-6-14)18(25)19(26)23(16)20-22-21-11-27-20/h2-11,16,24H,1H3/t16-/m1/s1. The van der Waals surface area contributed by atoms with Crippen molar-refractivity contribution in [2.24, 2.45) is 0 Å². The number of ketones is 1. The molecule has 0 unspecified atom stereocenters. The molecule has 2 aromatic carbocycles. The maximum Gasteiger partial charge on any atom is 0.301 e. The van der Waals surface area contributed by atoms with Gasteiger partial charge in [0.2, 0.25) is 5.13 Å². The van der Waals surface area contributed by atoms with E-state index in [2.05, 4.69) is 10.2 Å². The summed E-state index contributed by atoms with van der Waals surface area (Å²) in [6.45, 7) is 1.95. The second kappa shape index (κ2) is 6.77. The molecule has 1 aromatic heterocycles. The minimum absolute atomic E-state index is 0.0465. The van der Waals surface area contributed by atoms with Gasteiger partial charge in [-0.3, -0.25) is 14.5 Å². The molecule has 1 amide bonds. The number of hydrogen-bond acceptors (Lipinski definition) is 6. The number of Topliss-reactive ketones (excluding diaryl/α,β-unsaturated/α-hetero) is 1. The molecular formula is C20H15N3O3S. The van der Waals surface area contributed by atoms with E-state index in [1.807, 2.05) is 37.3 Å². The highest BCUT2D eigenvalue weighted by molar-refractivity contribution is 7.13. The Morgan fingerprint density at radius 3 is 2.41 bits per heavy atom. The topological polar surface area (TPSA) is 83.4 Å². The highest BCUT2D eigenvalue weighted by Gasteiger charge is 2.48. The maximum atomic E-state index is 12.8. The van der Waals surface area contributed by atoms with Gasteiger partial charge in [-0.1, -0.05) is 71.5 Å². The number of amides is 1. The van der Waals surface area contributed by atoms with Crippen LogP contribution in [0.2, 0.25) is 0 Å². The average molecular weight is 377 g/mol. The number of benzene rings is 2. The normalized spacial score (nSPS) is 18.9. The molecule has 0 spiro atoms. The Morgan fingerprint density at radius 2 is 1.78 bits per heavy atom. The monoisotopic (exact) mass is 377 g/mol. The number of anilines is 1. The van der Waals surface area contributed by atoms with Gasteiger partial charge in [-0.25, -0.2) is 0 Å². The Bertz CT molecular complexity index is 1030. The maximum absolute atomic E-state index is 12.8. The fourth-order valence-corrected chi connectivity index (χ4v) is 3.70. The summed E-state index contributed by atoms with van der Waals surface area (Å²) in [5.74, 6) is -1.67. The van der Waals surface area contributed by atoms with Crippen LogP contribution in [0, 0.1) is 6.92 Å². The van der Waals surface area contributed by atoms with Gasteiger partial charge in [0.25, 0.3) is 5.78 Å². The zero-order chi connectivity index (χ0) is 19.0. The molecule has 0 aliphatic carbocycles. The van der Waals surface area contributed by atoms with Crippen LogP contribution in [0.1, 0.15) is 22.7 Å². The van der Waals surface area contributed by atoms with E-state index in [4.69, 9.17) is 0 Å². The van der Waals surface area contributed by atoms with E-state index in [-0.39, 0.29) is 11.3 Å². The molecule has 4 rings (SSSR count). The van der Waals surface area contributed by atoms with E-state index >= 15 is 0 Å². The zero-order valence-electron chi connectivity index (χ0n) is 14.4. The first-order valence-corrected chi connectivity index (χ1v) is 9.15. The summed E-state index contributed by atoms with van der Waals surface area (Å²) in [5, 5.41) is 18.9. The van der Waals surface area contributed by atoms with Gasteiger partial charge in [0.05, 0.1) is 11.6 Å². The minimum Gasteiger partial charge on any atom is -0.507 e. The zero-order valence-corrected chi connectivity index (χ0v) is 15.2. The molecule has 1 N–H and O–H groups in total. The van der Waals surface area contributed by atoms with Crippen LogP contribution in [0.15, 0.2) is 65.7 Å². The van der Waals surface area contributed by atoms with Crippen molar-refractivity contribution in [2.45, 2.75) is 13.0 Å². The Balaban J connectivity index is 1.94. The predicted octanol–water partition coefficient (Wildman–Crippen LogP) is 3.47. The summed E-state index contributed by atoms with van der Waals surface area (Å²) >= 11 is 1.16. The van der Waals surface area contributed by atoms with Gasteiger partial charge < -0.3 is 5.11 Å². The van der Waals surface area contributed by atoms with Crippen molar-refractivity contribution < 1.29 is 14.7 Å². The highest BCUT2D eigenvalue weighted by Crippen LogP contribution is 2.42. The molecule has 134 valence electrons. The van der Waals surface area contributed by atoms with Gasteiger partial charge in [-0.15, -0.1) is 10.2 Å². The molecule has 6 nitrogen and oxygen atoms in total. The third-order valence-corrected chi connectivity index (χ3v) is 5.13. The number of aliphatic hydroxyl groups excluding tert-OH is 1. The van der Waals surface area contributed by atoms with Gasteiger partial charge >= 0.3 is 5.91 Å². The summed E-state index contributed by atoms with van der Waals surface area (Å²) in [4.78, 5) is 26.9. The van der Waals surface area contributed by atoms with Crippen LogP contribution >= 0.6 is 11.3 Å². The first-order chi connectivity index (χ1) is 13.1. The van der Waals surface area contributed by atoms with Crippen LogP contribution in [0.4, 0.5) is 5.13 Å². The fraction of sp³-hybridized carbons (Fsp3) is 0.100. The Labute approximate surface area is 159 Å². The summed E-state index contributed by atoms with van der Waals surface area (Å²) in [7, 11) is 0.